The fraction of sp³-hybridized carbons (Fsp3) is 0.364. The number of hydrogen-bond acceptors (Lipinski definition) is 1. The molecule has 2 heteroatoms. The minimum atomic E-state index is 0.492. The van der Waals surface area contributed by atoms with Gasteiger partial charge in [-0.15, -0.1) is 0 Å². The van der Waals surface area contributed by atoms with Crippen LogP contribution in [-0.4, -0.2) is 4.57 Å². The van der Waals surface area contributed by atoms with Crippen LogP contribution in [0, 0.1) is 0 Å². The van der Waals surface area contributed by atoms with Crippen LogP contribution in [0.15, 0.2) is 36.1 Å². The molecule has 1 rings (SSSR count). The fourth-order valence-corrected chi connectivity index (χ4v) is 1.33. The molecule has 0 atom stereocenters. The summed E-state index contributed by atoms with van der Waals surface area (Å²) >= 11 is 0. The van der Waals surface area contributed by atoms with Gasteiger partial charge in [-0.2, -0.15) is 0 Å². The van der Waals surface area contributed by atoms with Crippen molar-refractivity contribution in [1.29, 1.82) is 0 Å². The molecule has 0 aliphatic rings. The molecule has 0 aliphatic heterocycles. The largest absolute Gasteiger partial charge is 0.336 e. The Labute approximate surface area is 79.3 Å². The molecule has 0 saturated carbocycles. The Bertz CT molecular complexity index is 359. The lowest BCUT2D eigenvalue weighted by Crippen LogP contribution is -2.22. The van der Waals surface area contributed by atoms with Crippen LogP contribution >= 0.6 is 0 Å². The van der Waals surface area contributed by atoms with Crippen molar-refractivity contribution in [3.63, 3.8) is 0 Å². The highest BCUT2D eigenvalue weighted by molar-refractivity contribution is 5.13. The average Bonchev–Trinajstić information content (AvgIpc) is 2.08. The average molecular weight is 176 g/mol. The molecule has 13 heavy (non-hydrogen) atoms. The molecule has 0 aliphatic carbocycles. The normalized spacial score (nSPS) is 12.2. The van der Waals surface area contributed by atoms with Gasteiger partial charge in [0.05, 0.1) is 0 Å². The molecule has 2 nitrogen and oxygen atoms in total. The number of rotatable bonds is 2. The summed E-state index contributed by atoms with van der Waals surface area (Å²) in [6.45, 7) is 7.95. The molecular formula is C11H16N2. The van der Waals surface area contributed by atoms with Gasteiger partial charge < -0.3 is 4.57 Å². The fourth-order valence-electron chi connectivity index (χ4n) is 1.33. The van der Waals surface area contributed by atoms with E-state index < -0.39 is 0 Å². The van der Waals surface area contributed by atoms with Crippen LogP contribution in [-0.2, 0) is 7.05 Å². The first-order valence-electron chi connectivity index (χ1n) is 4.47. The van der Waals surface area contributed by atoms with Gasteiger partial charge in [0.1, 0.15) is 5.49 Å². The summed E-state index contributed by atoms with van der Waals surface area (Å²) < 4.78 is 2.01. The van der Waals surface area contributed by atoms with Gasteiger partial charge in [-0.1, -0.05) is 26.5 Å². The van der Waals surface area contributed by atoms with Gasteiger partial charge in [-0.3, -0.25) is 0 Å². The van der Waals surface area contributed by atoms with Crippen LogP contribution in [0.3, 0.4) is 0 Å². The molecule has 0 spiro atoms. The Morgan fingerprint density at radius 1 is 1.54 bits per heavy atom. The number of aromatic nitrogens is 1. The molecule has 0 aromatic carbocycles. The standard InChI is InChI=1S/C11H16N2/c1-5-12-11-10(9(2)3)7-6-8-13(11)4/h5-9H,1H2,2-4H3/b12-11-. The van der Waals surface area contributed by atoms with E-state index in [9.17, 15) is 0 Å². The Kier molecular flexibility index (Phi) is 3.07. The Morgan fingerprint density at radius 3 is 2.77 bits per heavy atom. The Balaban J connectivity index is 3.43. The highest BCUT2D eigenvalue weighted by Gasteiger charge is 2.02. The summed E-state index contributed by atoms with van der Waals surface area (Å²) in [6.07, 6.45) is 3.58. The minimum Gasteiger partial charge on any atom is -0.336 e. The summed E-state index contributed by atoms with van der Waals surface area (Å²) in [4.78, 5) is 4.25. The first-order chi connectivity index (χ1) is 6.16. The molecule has 0 unspecified atom stereocenters. The predicted molar refractivity (Wildman–Crippen MR) is 55.3 cm³/mol. The van der Waals surface area contributed by atoms with Crippen LogP contribution in [0.4, 0.5) is 0 Å². The van der Waals surface area contributed by atoms with Crippen molar-refractivity contribution in [2.45, 2.75) is 19.8 Å². The zero-order valence-electron chi connectivity index (χ0n) is 8.49. The first kappa shape index (κ1) is 9.78. The molecule has 0 fully saturated rings. The monoisotopic (exact) mass is 176 g/mol. The lowest BCUT2D eigenvalue weighted by molar-refractivity contribution is 0.761. The van der Waals surface area contributed by atoms with Crippen molar-refractivity contribution >= 4 is 0 Å². The smallest absolute Gasteiger partial charge is 0.135 e. The van der Waals surface area contributed by atoms with Crippen molar-refractivity contribution in [2.24, 2.45) is 12.0 Å². The lowest BCUT2D eigenvalue weighted by Gasteiger charge is -2.08. The second kappa shape index (κ2) is 4.08. The first-order valence-corrected chi connectivity index (χ1v) is 4.47. The van der Waals surface area contributed by atoms with Gasteiger partial charge in [0.25, 0.3) is 0 Å². The van der Waals surface area contributed by atoms with Gasteiger partial charge >= 0.3 is 0 Å². The molecule has 1 aromatic rings. The third-order valence-electron chi connectivity index (χ3n) is 2.01. The lowest BCUT2D eigenvalue weighted by atomic mass is 10.1. The Hall–Kier alpha value is -1.31. The topological polar surface area (TPSA) is 17.3 Å². The summed E-state index contributed by atoms with van der Waals surface area (Å²) in [6, 6.07) is 4.14. The van der Waals surface area contributed by atoms with Gasteiger partial charge in [0.15, 0.2) is 0 Å². The van der Waals surface area contributed by atoms with E-state index in [1.54, 1.807) is 6.20 Å². The van der Waals surface area contributed by atoms with Crippen molar-refractivity contribution < 1.29 is 0 Å². The van der Waals surface area contributed by atoms with Crippen molar-refractivity contribution in [2.75, 3.05) is 0 Å². The quantitative estimate of drug-likeness (QED) is 0.657. The molecule has 0 bridgehead atoms. The molecular weight excluding hydrogens is 160 g/mol. The van der Waals surface area contributed by atoms with E-state index in [0.717, 1.165) is 5.49 Å². The van der Waals surface area contributed by atoms with Gasteiger partial charge in [-0.05, 0) is 17.5 Å². The minimum absolute atomic E-state index is 0.492. The maximum absolute atomic E-state index is 4.25. The van der Waals surface area contributed by atoms with E-state index in [4.69, 9.17) is 0 Å². The van der Waals surface area contributed by atoms with Crippen LogP contribution in [0.2, 0.25) is 0 Å². The molecule has 70 valence electrons. The zero-order valence-corrected chi connectivity index (χ0v) is 8.49. The van der Waals surface area contributed by atoms with Crippen molar-refractivity contribution in [3.05, 3.63) is 42.2 Å². The molecule has 0 radical (unpaired) electrons. The van der Waals surface area contributed by atoms with Crippen LogP contribution in [0.1, 0.15) is 25.3 Å². The van der Waals surface area contributed by atoms with E-state index in [1.165, 1.54) is 5.56 Å². The second-order valence-electron chi connectivity index (χ2n) is 3.36. The highest BCUT2D eigenvalue weighted by Crippen LogP contribution is 2.07. The third kappa shape index (κ3) is 2.08. The molecule has 0 N–H and O–H groups in total. The highest BCUT2D eigenvalue weighted by atomic mass is 15.0. The van der Waals surface area contributed by atoms with Crippen LogP contribution < -0.4 is 5.49 Å². The van der Waals surface area contributed by atoms with Crippen molar-refractivity contribution in [1.82, 2.24) is 4.57 Å². The summed E-state index contributed by atoms with van der Waals surface area (Å²) in [5.41, 5.74) is 2.25. The molecule has 1 heterocycles. The second-order valence-corrected chi connectivity index (χ2v) is 3.36. The van der Waals surface area contributed by atoms with Crippen LogP contribution in [0.5, 0.6) is 0 Å². The Morgan fingerprint density at radius 2 is 2.23 bits per heavy atom. The van der Waals surface area contributed by atoms with Gasteiger partial charge in [0.2, 0.25) is 0 Å². The predicted octanol–water partition coefficient (Wildman–Crippen LogP) is 2.19. The number of aryl methyl sites for hydroxylation is 1. The van der Waals surface area contributed by atoms with Crippen molar-refractivity contribution in [3.8, 4) is 0 Å². The zero-order chi connectivity index (χ0) is 9.84. The SMILES string of the molecule is C=C/N=c1/c(C(C)C)cccn1C. The van der Waals surface area contributed by atoms with Gasteiger partial charge in [-0.25, -0.2) is 4.99 Å². The number of hydrogen-bond donors (Lipinski definition) is 0. The number of pyridine rings is 1. The summed E-state index contributed by atoms with van der Waals surface area (Å²) in [5.74, 6) is 0.492. The maximum atomic E-state index is 4.25. The maximum Gasteiger partial charge on any atom is 0.135 e. The molecule has 0 saturated heterocycles. The summed E-state index contributed by atoms with van der Waals surface area (Å²) in [7, 11) is 1.99. The van der Waals surface area contributed by atoms with E-state index in [2.05, 4.69) is 31.5 Å². The number of nitrogens with zero attached hydrogens (tertiary/aromatic N) is 2. The van der Waals surface area contributed by atoms with E-state index in [1.807, 2.05) is 23.9 Å². The van der Waals surface area contributed by atoms with E-state index in [-0.39, 0.29) is 0 Å². The van der Waals surface area contributed by atoms with Gasteiger partial charge in [0, 0.05) is 19.4 Å². The molecule has 1 aromatic heterocycles. The van der Waals surface area contributed by atoms with E-state index in [0.29, 0.717) is 5.92 Å². The summed E-state index contributed by atoms with van der Waals surface area (Å²) in [5, 5.41) is 0. The molecule has 0 amide bonds. The van der Waals surface area contributed by atoms with Crippen LogP contribution in [0.25, 0.3) is 0 Å². The third-order valence-corrected chi connectivity index (χ3v) is 2.01. The van der Waals surface area contributed by atoms with E-state index >= 15 is 0 Å².